The first kappa shape index (κ1) is 27.0. The van der Waals surface area contributed by atoms with Crippen LogP contribution in [0.25, 0.3) is 44.8 Å². The summed E-state index contributed by atoms with van der Waals surface area (Å²) in [5.74, 6) is 1.15. The number of imidazole rings is 1. The van der Waals surface area contributed by atoms with Crippen molar-refractivity contribution in [3.63, 3.8) is 0 Å². The molecule has 44 heavy (non-hydrogen) atoms. The lowest BCUT2D eigenvalue weighted by atomic mass is 9.99. The quantitative estimate of drug-likeness (QED) is 0.297. The zero-order valence-corrected chi connectivity index (χ0v) is 24.6. The fourth-order valence-electron chi connectivity index (χ4n) is 6.79. The minimum Gasteiger partial charge on any atom is -0.334 e. The number of aromatic nitrogens is 4. The Bertz CT molecular complexity index is 1960. The molecule has 2 aromatic carbocycles. The van der Waals surface area contributed by atoms with E-state index in [-0.39, 0.29) is 30.8 Å². The van der Waals surface area contributed by atoms with Crippen LogP contribution in [0.15, 0.2) is 54.6 Å². The number of halogens is 1. The number of rotatable bonds is 5. The molecule has 0 radical (unpaired) electrons. The maximum Gasteiger partial charge on any atom is 0.256 e. The van der Waals surface area contributed by atoms with Gasteiger partial charge in [-0.05, 0) is 79.6 Å². The average Bonchev–Trinajstić information content (AvgIpc) is 3.69. The Labute approximate surface area is 253 Å². The van der Waals surface area contributed by atoms with Crippen LogP contribution < -0.4 is 11.1 Å². The standard InChI is InChI=1S/C34H34FN7O2/c1-40-28-4-2-3-25(34(44)41-17-23(35)15-24(36)18-41)31(28)39-33(40)29-14-22-8-11-27(38-32(22)42(29)16-19-5-6-19)20-7-10-26-21(13-20)9-12-30(43)37-26/h2-4,7-8,10-11,13-14,19,23-24H,5-6,9,12,15-18,36H2,1H3,(H,37,43)/t23-,24-/m1/s1. The first-order valence-corrected chi connectivity index (χ1v) is 15.4. The van der Waals surface area contributed by atoms with E-state index in [0.29, 0.717) is 30.0 Å². The molecular formula is C34H34FN7O2. The number of carbonyl (C=O) groups is 2. The first-order valence-electron chi connectivity index (χ1n) is 15.4. The molecule has 2 aliphatic heterocycles. The minimum atomic E-state index is -1.13. The summed E-state index contributed by atoms with van der Waals surface area (Å²) in [7, 11) is 1.97. The molecule has 5 aromatic rings. The number of pyridine rings is 1. The molecule has 3 aliphatic rings. The molecule has 10 heteroatoms. The maximum atomic E-state index is 14.3. The highest BCUT2D eigenvalue weighted by Gasteiger charge is 2.31. The number of anilines is 1. The van der Waals surface area contributed by atoms with E-state index < -0.39 is 6.17 Å². The van der Waals surface area contributed by atoms with E-state index in [2.05, 4.69) is 28.1 Å². The number of nitrogens with zero attached hydrogens (tertiary/aromatic N) is 5. The molecule has 0 unspecified atom stereocenters. The molecule has 3 N–H and O–H groups in total. The largest absolute Gasteiger partial charge is 0.334 e. The highest BCUT2D eigenvalue weighted by molar-refractivity contribution is 6.06. The molecule has 2 amide bonds. The molecule has 2 fully saturated rings. The highest BCUT2D eigenvalue weighted by Crippen LogP contribution is 2.37. The predicted octanol–water partition coefficient (Wildman–Crippen LogP) is 5.06. The van der Waals surface area contributed by atoms with Crippen molar-refractivity contribution in [1.82, 2.24) is 24.0 Å². The number of nitrogens with two attached hydrogens (primary N) is 1. The van der Waals surface area contributed by atoms with Crippen molar-refractivity contribution in [3.8, 4) is 22.8 Å². The number of carbonyl (C=O) groups excluding carboxylic acids is 2. The molecule has 1 aliphatic carbocycles. The monoisotopic (exact) mass is 591 g/mol. The number of likely N-dealkylation sites (tertiary alicyclic amines) is 1. The smallest absolute Gasteiger partial charge is 0.256 e. The van der Waals surface area contributed by atoms with Gasteiger partial charge in [0.25, 0.3) is 5.91 Å². The Morgan fingerprint density at radius 1 is 1.07 bits per heavy atom. The number of aryl methyl sites for hydroxylation is 2. The Kier molecular flexibility index (Phi) is 6.30. The Morgan fingerprint density at radius 2 is 1.93 bits per heavy atom. The average molecular weight is 592 g/mol. The Hall–Kier alpha value is -4.57. The number of fused-ring (bicyclic) bond motifs is 3. The van der Waals surface area contributed by atoms with E-state index in [4.69, 9.17) is 15.7 Å². The van der Waals surface area contributed by atoms with Gasteiger partial charge >= 0.3 is 0 Å². The van der Waals surface area contributed by atoms with Gasteiger partial charge in [-0.25, -0.2) is 14.4 Å². The summed E-state index contributed by atoms with van der Waals surface area (Å²) in [4.78, 5) is 37.2. The molecule has 224 valence electrons. The summed E-state index contributed by atoms with van der Waals surface area (Å²) < 4.78 is 18.6. The molecule has 0 spiro atoms. The van der Waals surface area contributed by atoms with Crippen molar-refractivity contribution in [3.05, 3.63) is 65.7 Å². The summed E-state index contributed by atoms with van der Waals surface area (Å²) in [6.07, 6.45) is 2.72. The van der Waals surface area contributed by atoms with Crippen LogP contribution in [0.2, 0.25) is 0 Å². The third-order valence-corrected chi connectivity index (χ3v) is 9.27. The number of hydrogen-bond acceptors (Lipinski definition) is 5. The van der Waals surface area contributed by atoms with E-state index in [1.807, 2.05) is 41.9 Å². The van der Waals surface area contributed by atoms with Crippen molar-refractivity contribution >= 4 is 39.6 Å². The number of piperidine rings is 1. The Balaban J connectivity index is 1.22. The fraction of sp³-hybridized carbons (Fsp3) is 0.353. The van der Waals surface area contributed by atoms with Gasteiger partial charge in [-0.2, -0.15) is 0 Å². The normalized spacial score (nSPS) is 20.2. The van der Waals surface area contributed by atoms with Crippen molar-refractivity contribution in [2.24, 2.45) is 18.7 Å². The lowest BCUT2D eigenvalue weighted by Crippen LogP contribution is -2.50. The summed E-state index contributed by atoms with van der Waals surface area (Å²) in [5.41, 5.74) is 13.7. The molecule has 1 saturated carbocycles. The number of hydrogen-bond donors (Lipinski definition) is 2. The SMILES string of the molecule is Cn1c(-c2cc3ccc(-c4ccc5c(c4)CCC(=O)N5)nc3n2CC2CC2)nc2c(C(=O)N3C[C@H](N)C[C@@H](F)C3)cccc21. The second-order valence-corrected chi connectivity index (χ2v) is 12.6. The van der Waals surface area contributed by atoms with Crippen LogP contribution in [0.5, 0.6) is 0 Å². The molecule has 0 bridgehead atoms. The number of alkyl halides is 1. The van der Waals surface area contributed by atoms with Crippen LogP contribution in [0.4, 0.5) is 10.1 Å². The molecule has 3 aromatic heterocycles. The number of amides is 2. The summed E-state index contributed by atoms with van der Waals surface area (Å²) >= 11 is 0. The van der Waals surface area contributed by atoms with Crippen molar-refractivity contribution in [2.45, 2.75) is 50.9 Å². The van der Waals surface area contributed by atoms with Gasteiger partial charge in [0.2, 0.25) is 5.91 Å². The predicted molar refractivity (Wildman–Crippen MR) is 168 cm³/mol. The molecule has 8 rings (SSSR count). The van der Waals surface area contributed by atoms with E-state index in [1.165, 1.54) is 17.7 Å². The van der Waals surface area contributed by atoms with Crippen LogP contribution >= 0.6 is 0 Å². The van der Waals surface area contributed by atoms with E-state index in [1.54, 1.807) is 6.07 Å². The minimum absolute atomic E-state index is 0.0467. The zero-order chi connectivity index (χ0) is 30.1. The summed E-state index contributed by atoms with van der Waals surface area (Å²) in [6.45, 7) is 1.22. The van der Waals surface area contributed by atoms with Crippen LogP contribution in [0.3, 0.4) is 0 Å². The molecule has 5 heterocycles. The zero-order valence-electron chi connectivity index (χ0n) is 24.6. The number of nitrogens with one attached hydrogen (secondary N) is 1. The molecule has 9 nitrogen and oxygen atoms in total. The molecule has 1 saturated heterocycles. The third-order valence-electron chi connectivity index (χ3n) is 9.27. The second kappa shape index (κ2) is 10.3. The lowest BCUT2D eigenvalue weighted by Gasteiger charge is -2.33. The summed E-state index contributed by atoms with van der Waals surface area (Å²) in [5, 5.41) is 3.98. The van der Waals surface area contributed by atoms with E-state index >= 15 is 0 Å². The molecule has 2 atom stereocenters. The van der Waals surface area contributed by atoms with Crippen LogP contribution in [-0.2, 0) is 24.8 Å². The topological polar surface area (TPSA) is 111 Å². The number of para-hydroxylation sites is 1. The third kappa shape index (κ3) is 4.64. The van der Waals surface area contributed by atoms with Crippen molar-refractivity contribution < 1.29 is 14.0 Å². The maximum absolute atomic E-state index is 14.3. The van der Waals surface area contributed by atoms with Gasteiger partial charge in [0.05, 0.1) is 29.0 Å². The van der Waals surface area contributed by atoms with Crippen molar-refractivity contribution in [1.29, 1.82) is 0 Å². The summed E-state index contributed by atoms with van der Waals surface area (Å²) in [6, 6.07) is 17.6. The highest BCUT2D eigenvalue weighted by atomic mass is 19.1. The van der Waals surface area contributed by atoms with Gasteiger partial charge in [-0.1, -0.05) is 12.1 Å². The lowest BCUT2D eigenvalue weighted by molar-refractivity contribution is -0.116. The fourth-order valence-corrected chi connectivity index (χ4v) is 6.79. The van der Waals surface area contributed by atoms with Crippen LogP contribution in [0.1, 0.15) is 41.6 Å². The van der Waals surface area contributed by atoms with Crippen molar-refractivity contribution in [2.75, 3.05) is 18.4 Å². The second-order valence-electron chi connectivity index (χ2n) is 12.6. The van der Waals surface area contributed by atoms with Gasteiger partial charge < -0.3 is 25.1 Å². The first-order chi connectivity index (χ1) is 21.3. The molecular weight excluding hydrogens is 557 g/mol. The van der Waals surface area contributed by atoms with Gasteiger partial charge in [-0.3, -0.25) is 9.59 Å². The van der Waals surface area contributed by atoms with Crippen LogP contribution in [0, 0.1) is 5.92 Å². The van der Waals surface area contributed by atoms with Crippen LogP contribution in [-0.4, -0.2) is 61.1 Å². The van der Waals surface area contributed by atoms with E-state index in [0.717, 1.165) is 63.5 Å². The van der Waals surface area contributed by atoms with E-state index in [9.17, 15) is 14.0 Å². The van der Waals surface area contributed by atoms with Gasteiger partial charge in [0, 0.05) is 49.2 Å². The Morgan fingerprint density at radius 3 is 2.75 bits per heavy atom. The number of benzene rings is 2. The van der Waals surface area contributed by atoms with Gasteiger partial charge in [-0.15, -0.1) is 0 Å². The van der Waals surface area contributed by atoms with Gasteiger partial charge in [0.1, 0.15) is 17.3 Å². The van der Waals surface area contributed by atoms with Gasteiger partial charge in [0.15, 0.2) is 5.82 Å².